The first-order valence-electron chi connectivity index (χ1n) is 7.72. The van der Waals surface area contributed by atoms with Crippen molar-refractivity contribution in [3.8, 4) is 22.6 Å². The van der Waals surface area contributed by atoms with Crippen molar-refractivity contribution in [2.45, 2.75) is 6.61 Å². The van der Waals surface area contributed by atoms with Crippen LogP contribution in [0.4, 0.5) is 0 Å². The van der Waals surface area contributed by atoms with E-state index in [1.807, 2.05) is 42.5 Å². The Hall–Kier alpha value is -2.33. The largest absolute Gasteiger partial charge is 0.391 e. The van der Waals surface area contributed by atoms with Gasteiger partial charge in [0.2, 0.25) is 0 Å². The third-order valence-corrected chi connectivity index (χ3v) is 4.91. The van der Waals surface area contributed by atoms with Gasteiger partial charge in [-0.2, -0.15) is 0 Å². The lowest BCUT2D eigenvalue weighted by atomic mass is 9.98. The Morgan fingerprint density at radius 1 is 0.920 bits per heavy atom. The van der Waals surface area contributed by atoms with Gasteiger partial charge in [0.1, 0.15) is 5.69 Å². The standard InChI is InChI=1S/C20H13Cl2NO2/c21-17-9-8-13(10-18(17)22)20-16(11-24)19(23-25-20)15-7-3-5-12-4-1-2-6-14(12)15/h1-10,24H,11H2. The van der Waals surface area contributed by atoms with Gasteiger partial charge in [0.05, 0.1) is 22.2 Å². The monoisotopic (exact) mass is 369 g/mol. The molecule has 3 aromatic carbocycles. The van der Waals surface area contributed by atoms with Gasteiger partial charge in [-0.05, 0) is 29.0 Å². The van der Waals surface area contributed by atoms with Gasteiger partial charge >= 0.3 is 0 Å². The second-order valence-electron chi connectivity index (χ2n) is 5.65. The Morgan fingerprint density at radius 3 is 2.52 bits per heavy atom. The second-order valence-corrected chi connectivity index (χ2v) is 6.47. The molecule has 0 atom stereocenters. The van der Waals surface area contributed by atoms with E-state index >= 15 is 0 Å². The number of halogens is 2. The zero-order chi connectivity index (χ0) is 17.4. The van der Waals surface area contributed by atoms with E-state index in [-0.39, 0.29) is 6.61 Å². The van der Waals surface area contributed by atoms with Crippen LogP contribution in [0.3, 0.4) is 0 Å². The summed E-state index contributed by atoms with van der Waals surface area (Å²) in [6.45, 7) is -0.197. The molecule has 1 N–H and O–H groups in total. The van der Waals surface area contributed by atoms with Crippen LogP contribution in [0.15, 0.2) is 65.2 Å². The molecule has 5 heteroatoms. The predicted octanol–water partition coefficient (Wildman–Crippen LogP) is 5.96. The molecule has 0 saturated heterocycles. The Bertz CT molecular complexity index is 1070. The van der Waals surface area contributed by atoms with Crippen molar-refractivity contribution in [3.05, 3.63) is 76.3 Å². The van der Waals surface area contributed by atoms with Crippen LogP contribution in [0.25, 0.3) is 33.4 Å². The predicted molar refractivity (Wildman–Crippen MR) is 101 cm³/mol. The molecule has 25 heavy (non-hydrogen) atoms. The lowest BCUT2D eigenvalue weighted by Gasteiger charge is -2.06. The highest BCUT2D eigenvalue weighted by Crippen LogP contribution is 2.37. The molecule has 124 valence electrons. The minimum absolute atomic E-state index is 0.197. The summed E-state index contributed by atoms with van der Waals surface area (Å²) in [5, 5.41) is 17.2. The third kappa shape index (κ3) is 2.81. The fourth-order valence-corrected chi connectivity index (χ4v) is 3.26. The molecular formula is C20H13Cl2NO2. The van der Waals surface area contributed by atoms with Crippen molar-refractivity contribution in [1.82, 2.24) is 5.16 Å². The number of rotatable bonds is 3. The maximum Gasteiger partial charge on any atom is 0.173 e. The quantitative estimate of drug-likeness (QED) is 0.484. The van der Waals surface area contributed by atoms with Crippen LogP contribution >= 0.6 is 23.2 Å². The molecule has 0 aliphatic carbocycles. The Balaban J connectivity index is 1.92. The molecule has 0 aliphatic rings. The number of hydrogen-bond acceptors (Lipinski definition) is 3. The van der Waals surface area contributed by atoms with Gasteiger partial charge in [-0.1, -0.05) is 70.8 Å². The second kappa shape index (κ2) is 6.52. The average molecular weight is 370 g/mol. The number of benzene rings is 3. The van der Waals surface area contributed by atoms with Gasteiger partial charge in [-0.25, -0.2) is 0 Å². The van der Waals surface area contributed by atoms with Crippen LogP contribution in [0.1, 0.15) is 5.56 Å². The average Bonchev–Trinajstić information content (AvgIpc) is 3.07. The number of aliphatic hydroxyl groups excluding tert-OH is 1. The van der Waals surface area contributed by atoms with Gasteiger partial charge < -0.3 is 9.63 Å². The molecule has 0 bridgehead atoms. The van der Waals surface area contributed by atoms with E-state index in [2.05, 4.69) is 5.16 Å². The van der Waals surface area contributed by atoms with E-state index in [9.17, 15) is 5.11 Å². The summed E-state index contributed by atoms with van der Waals surface area (Å²) in [6, 6.07) is 19.2. The van der Waals surface area contributed by atoms with Crippen molar-refractivity contribution in [1.29, 1.82) is 0 Å². The highest BCUT2D eigenvalue weighted by molar-refractivity contribution is 6.42. The van der Waals surface area contributed by atoms with Gasteiger partial charge in [0.25, 0.3) is 0 Å². The number of fused-ring (bicyclic) bond motifs is 1. The number of nitrogens with zero attached hydrogens (tertiary/aromatic N) is 1. The Morgan fingerprint density at radius 2 is 1.72 bits per heavy atom. The van der Waals surface area contributed by atoms with Gasteiger partial charge in [-0.3, -0.25) is 0 Å². The van der Waals surface area contributed by atoms with E-state index in [4.69, 9.17) is 27.7 Å². The smallest absolute Gasteiger partial charge is 0.173 e. The maximum atomic E-state index is 9.95. The minimum Gasteiger partial charge on any atom is -0.391 e. The third-order valence-electron chi connectivity index (χ3n) is 4.17. The summed E-state index contributed by atoms with van der Waals surface area (Å²) in [4.78, 5) is 0. The van der Waals surface area contributed by atoms with Gasteiger partial charge in [-0.15, -0.1) is 0 Å². The van der Waals surface area contributed by atoms with Crippen LogP contribution < -0.4 is 0 Å². The molecule has 0 fully saturated rings. The maximum absolute atomic E-state index is 9.95. The summed E-state index contributed by atoms with van der Waals surface area (Å²) < 4.78 is 5.56. The molecule has 0 aliphatic heterocycles. The van der Waals surface area contributed by atoms with E-state index in [0.29, 0.717) is 27.1 Å². The molecule has 0 amide bonds. The first-order valence-corrected chi connectivity index (χ1v) is 8.47. The fraction of sp³-hybridized carbons (Fsp3) is 0.0500. The molecule has 3 nitrogen and oxygen atoms in total. The molecule has 1 aromatic heterocycles. The zero-order valence-corrected chi connectivity index (χ0v) is 14.6. The summed E-state index contributed by atoms with van der Waals surface area (Å²) in [7, 11) is 0. The lowest BCUT2D eigenvalue weighted by molar-refractivity contribution is 0.281. The molecule has 0 saturated carbocycles. The van der Waals surface area contributed by atoms with E-state index in [0.717, 1.165) is 21.9 Å². The van der Waals surface area contributed by atoms with Crippen molar-refractivity contribution >= 4 is 34.0 Å². The molecule has 4 rings (SSSR count). The van der Waals surface area contributed by atoms with Crippen molar-refractivity contribution < 1.29 is 9.63 Å². The van der Waals surface area contributed by atoms with Gasteiger partial charge in [0, 0.05) is 11.1 Å². The van der Waals surface area contributed by atoms with E-state index in [1.165, 1.54) is 0 Å². The summed E-state index contributed by atoms with van der Waals surface area (Å²) in [5.74, 6) is 0.490. The van der Waals surface area contributed by atoms with Crippen LogP contribution in [0.2, 0.25) is 10.0 Å². The highest BCUT2D eigenvalue weighted by atomic mass is 35.5. The number of hydrogen-bond donors (Lipinski definition) is 1. The highest BCUT2D eigenvalue weighted by Gasteiger charge is 2.20. The normalized spacial score (nSPS) is 11.2. The van der Waals surface area contributed by atoms with Crippen LogP contribution in [0, 0.1) is 0 Å². The molecular weight excluding hydrogens is 357 g/mol. The molecule has 0 radical (unpaired) electrons. The SMILES string of the molecule is OCc1c(-c2cccc3ccccc23)noc1-c1ccc(Cl)c(Cl)c1. The summed E-state index contributed by atoms with van der Waals surface area (Å²) in [5.41, 5.74) is 2.88. The minimum atomic E-state index is -0.197. The Labute approximate surface area is 154 Å². The van der Waals surface area contributed by atoms with Crippen LogP contribution in [-0.4, -0.2) is 10.3 Å². The Kier molecular flexibility index (Phi) is 4.22. The summed E-state index contributed by atoms with van der Waals surface area (Å²) in [6.07, 6.45) is 0. The molecule has 4 aromatic rings. The summed E-state index contributed by atoms with van der Waals surface area (Å²) >= 11 is 12.1. The molecule has 0 unspecified atom stereocenters. The van der Waals surface area contributed by atoms with E-state index in [1.54, 1.807) is 18.2 Å². The zero-order valence-electron chi connectivity index (χ0n) is 13.0. The van der Waals surface area contributed by atoms with Crippen molar-refractivity contribution in [2.24, 2.45) is 0 Å². The molecule has 0 spiro atoms. The topological polar surface area (TPSA) is 46.3 Å². The fourth-order valence-electron chi connectivity index (χ4n) is 2.96. The number of aromatic nitrogens is 1. The van der Waals surface area contributed by atoms with Crippen LogP contribution in [-0.2, 0) is 6.61 Å². The first-order chi connectivity index (χ1) is 12.2. The number of aliphatic hydroxyl groups is 1. The van der Waals surface area contributed by atoms with Crippen molar-refractivity contribution in [3.63, 3.8) is 0 Å². The van der Waals surface area contributed by atoms with Gasteiger partial charge in [0.15, 0.2) is 5.76 Å². The first kappa shape index (κ1) is 16.2. The van der Waals surface area contributed by atoms with E-state index < -0.39 is 0 Å². The van der Waals surface area contributed by atoms with Crippen LogP contribution in [0.5, 0.6) is 0 Å². The van der Waals surface area contributed by atoms with Crippen molar-refractivity contribution in [2.75, 3.05) is 0 Å². The molecule has 1 heterocycles. The lowest BCUT2D eigenvalue weighted by Crippen LogP contribution is -1.90.